The van der Waals surface area contributed by atoms with Crippen LogP contribution in [0.25, 0.3) is 11.3 Å². The molecule has 0 N–H and O–H groups in total. The maximum Gasteiger partial charge on any atom is 0.232 e. The highest BCUT2D eigenvalue weighted by Crippen LogP contribution is 2.33. The molecule has 1 aliphatic rings. The third-order valence-electron chi connectivity index (χ3n) is 5.21. The molecule has 0 saturated heterocycles. The number of rotatable bonds is 5. The topological polar surface area (TPSA) is 32.3 Å². The van der Waals surface area contributed by atoms with Crippen LogP contribution in [0.4, 0.5) is 17.5 Å². The second-order valence-corrected chi connectivity index (χ2v) is 6.83. The second-order valence-electron chi connectivity index (χ2n) is 6.83. The Kier molecular flexibility index (Phi) is 5.05. The van der Waals surface area contributed by atoms with Crippen LogP contribution in [0.1, 0.15) is 25.8 Å². The lowest BCUT2D eigenvalue weighted by Gasteiger charge is -2.31. The maximum atomic E-state index is 4.97. The molecule has 3 aromatic rings. The van der Waals surface area contributed by atoms with Gasteiger partial charge in [0.15, 0.2) is 0 Å². The molecule has 0 fully saturated rings. The zero-order valence-electron chi connectivity index (χ0n) is 16.1. The number of nitrogens with zero attached hydrogens (tertiary/aromatic N) is 4. The van der Waals surface area contributed by atoms with Crippen LogP contribution in [0.15, 0.2) is 60.7 Å². The van der Waals surface area contributed by atoms with E-state index >= 15 is 0 Å². The molecule has 0 aliphatic carbocycles. The van der Waals surface area contributed by atoms with Crippen molar-refractivity contribution in [1.29, 1.82) is 0 Å². The average Bonchev–Trinajstić information content (AvgIpc) is 2.74. The molecule has 2 aromatic carbocycles. The van der Waals surface area contributed by atoms with E-state index < -0.39 is 0 Å². The van der Waals surface area contributed by atoms with E-state index in [4.69, 9.17) is 9.97 Å². The van der Waals surface area contributed by atoms with Gasteiger partial charge < -0.3 is 9.80 Å². The molecular weight excluding hydrogens is 332 g/mol. The van der Waals surface area contributed by atoms with Crippen molar-refractivity contribution < 1.29 is 0 Å². The summed E-state index contributed by atoms with van der Waals surface area (Å²) in [6, 6.07) is 21.1. The molecule has 1 aliphatic heterocycles. The minimum Gasteiger partial charge on any atom is -0.357 e. The lowest BCUT2D eigenvalue weighted by Crippen LogP contribution is -2.28. The molecule has 0 bridgehead atoms. The minimum absolute atomic E-state index is 0.797. The van der Waals surface area contributed by atoms with Crippen LogP contribution in [-0.4, -0.2) is 29.6 Å². The Morgan fingerprint density at radius 2 is 1.67 bits per heavy atom. The number of hydrogen-bond donors (Lipinski definition) is 0. The Hall–Kier alpha value is -2.88. The quantitative estimate of drug-likeness (QED) is 0.637. The van der Waals surface area contributed by atoms with Gasteiger partial charge in [0, 0.05) is 37.0 Å². The van der Waals surface area contributed by atoms with Crippen molar-refractivity contribution in [3.05, 3.63) is 66.2 Å². The van der Waals surface area contributed by atoms with Crippen molar-refractivity contribution in [3.8, 4) is 11.3 Å². The van der Waals surface area contributed by atoms with Crippen LogP contribution < -0.4 is 9.80 Å². The maximum absolute atomic E-state index is 4.97. The molecule has 1 aromatic heterocycles. The van der Waals surface area contributed by atoms with Gasteiger partial charge in [0.25, 0.3) is 0 Å². The van der Waals surface area contributed by atoms with Crippen LogP contribution in [-0.2, 0) is 6.42 Å². The first-order valence-electron chi connectivity index (χ1n) is 9.85. The van der Waals surface area contributed by atoms with Crippen LogP contribution in [0.5, 0.6) is 0 Å². The molecule has 4 nitrogen and oxygen atoms in total. The smallest absolute Gasteiger partial charge is 0.232 e. The molecule has 0 amide bonds. The van der Waals surface area contributed by atoms with E-state index in [2.05, 4.69) is 78.2 Å². The van der Waals surface area contributed by atoms with E-state index in [0.29, 0.717) is 0 Å². The first-order chi connectivity index (χ1) is 13.3. The number of aryl methyl sites for hydroxylation is 1. The summed E-state index contributed by atoms with van der Waals surface area (Å²) < 4.78 is 0. The average molecular weight is 358 g/mol. The molecule has 4 rings (SSSR count). The van der Waals surface area contributed by atoms with Crippen molar-refractivity contribution in [2.45, 2.75) is 26.7 Å². The molecule has 0 unspecified atom stereocenters. The van der Waals surface area contributed by atoms with E-state index in [-0.39, 0.29) is 0 Å². The van der Waals surface area contributed by atoms with Gasteiger partial charge in [0.05, 0.1) is 5.69 Å². The van der Waals surface area contributed by atoms with Crippen LogP contribution >= 0.6 is 0 Å². The van der Waals surface area contributed by atoms with E-state index in [1.54, 1.807) is 0 Å². The molecule has 0 radical (unpaired) electrons. The van der Waals surface area contributed by atoms with Crippen molar-refractivity contribution in [1.82, 2.24) is 9.97 Å². The Morgan fingerprint density at radius 3 is 2.44 bits per heavy atom. The van der Waals surface area contributed by atoms with Gasteiger partial charge in [-0.2, -0.15) is 4.98 Å². The lowest BCUT2D eigenvalue weighted by molar-refractivity contribution is 0.747. The highest BCUT2D eigenvalue weighted by Gasteiger charge is 2.22. The largest absolute Gasteiger partial charge is 0.357 e. The van der Waals surface area contributed by atoms with Crippen LogP contribution in [0, 0.1) is 0 Å². The van der Waals surface area contributed by atoms with Crippen LogP contribution in [0.2, 0.25) is 0 Å². The summed E-state index contributed by atoms with van der Waals surface area (Å²) in [6.07, 6.45) is 2.24. The van der Waals surface area contributed by atoms with Gasteiger partial charge >= 0.3 is 0 Å². The fraction of sp³-hybridized carbons (Fsp3) is 0.304. The number of anilines is 3. The second kappa shape index (κ2) is 7.78. The summed E-state index contributed by atoms with van der Waals surface area (Å²) in [5, 5.41) is 0. The van der Waals surface area contributed by atoms with Gasteiger partial charge in [-0.05, 0) is 38.3 Å². The summed E-state index contributed by atoms with van der Waals surface area (Å²) in [5.74, 6) is 1.79. The summed E-state index contributed by atoms with van der Waals surface area (Å²) in [7, 11) is 0. The third-order valence-corrected chi connectivity index (χ3v) is 5.21. The van der Waals surface area contributed by atoms with Gasteiger partial charge in [0.1, 0.15) is 5.82 Å². The predicted molar refractivity (Wildman–Crippen MR) is 113 cm³/mol. The molecule has 0 spiro atoms. The zero-order chi connectivity index (χ0) is 18.6. The number of fused-ring (bicyclic) bond motifs is 1. The molecule has 0 saturated carbocycles. The molecule has 2 heterocycles. The van der Waals surface area contributed by atoms with Crippen molar-refractivity contribution >= 4 is 17.5 Å². The number of para-hydroxylation sites is 1. The normalized spacial score (nSPS) is 13.3. The minimum atomic E-state index is 0.797. The van der Waals surface area contributed by atoms with Crippen molar-refractivity contribution in [2.24, 2.45) is 0 Å². The third kappa shape index (κ3) is 3.52. The fourth-order valence-electron chi connectivity index (χ4n) is 3.75. The zero-order valence-corrected chi connectivity index (χ0v) is 16.1. The molecule has 4 heteroatoms. The van der Waals surface area contributed by atoms with E-state index in [1.165, 1.54) is 11.3 Å². The molecule has 0 atom stereocenters. The lowest BCUT2D eigenvalue weighted by atomic mass is 10.0. The fourth-order valence-corrected chi connectivity index (χ4v) is 3.75. The monoisotopic (exact) mass is 358 g/mol. The highest BCUT2D eigenvalue weighted by molar-refractivity contribution is 5.69. The Balaban J connectivity index is 1.84. The van der Waals surface area contributed by atoms with Gasteiger partial charge in [-0.3, -0.25) is 0 Å². The Labute approximate surface area is 161 Å². The SMILES string of the molecule is CCN(CC)c1cc(-c2ccccc2)nc(N2CCCc3ccccc32)n1. The first kappa shape index (κ1) is 17.5. The van der Waals surface area contributed by atoms with E-state index in [9.17, 15) is 0 Å². The van der Waals surface area contributed by atoms with Gasteiger partial charge in [-0.15, -0.1) is 0 Å². The number of aromatic nitrogens is 2. The Morgan fingerprint density at radius 1 is 0.926 bits per heavy atom. The van der Waals surface area contributed by atoms with Gasteiger partial charge in [-0.25, -0.2) is 4.98 Å². The van der Waals surface area contributed by atoms with Gasteiger partial charge in [0.2, 0.25) is 5.95 Å². The van der Waals surface area contributed by atoms with Gasteiger partial charge in [-0.1, -0.05) is 48.5 Å². The molecule has 138 valence electrons. The van der Waals surface area contributed by atoms with Crippen LogP contribution in [0.3, 0.4) is 0 Å². The summed E-state index contributed by atoms with van der Waals surface area (Å²) in [5.41, 5.74) is 4.71. The predicted octanol–water partition coefficient (Wildman–Crippen LogP) is 5.07. The summed E-state index contributed by atoms with van der Waals surface area (Å²) in [4.78, 5) is 14.5. The molecular formula is C23H26N4. The molecule has 27 heavy (non-hydrogen) atoms. The summed E-state index contributed by atoms with van der Waals surface area (Å²) >= 11 is 0. The first-order valence-corrected chi connectivity index (χ1v) is 9.85. The van der Waals surface area contributed by atoms with E-state index in [0.717, 1.165) is 55.5 Å². The highest BCUT2D eigenvalue weighted by atomic mass is 15.3. The number of benzene rings is 2. The standard InChI is InChI=1S/C23H26N4/c1-3-26(4-2)22-17-20(18-11-6-5-7-12-18)24-23(25-22)27-16-10-14-19-13-8-9-15-21(19)27/h5-9,11-13,15,17H,3-4,10,14,16H2,1-2H3. The van der Waals surface area contributed by atoms with E-state index in [1.807, 2.05) is 6.07 Å². The number of hydrogen-bond acceptors (Lipinski definition) is 4. The Bertz CT molecular complexity index is 903. The summed E-state index contributed by atoms with van der Waals surface area (Å²) in [6.45, 7) is 7.15. The van der Waals surface area contributed by atoms with Crippen molar-refractivity contribution in [2.75, 3.05) is 29.4 Å². The van der Waals surface area contributed by atoms with Crippen molar-refractivity contribution in [3.63, 3.8) is 0 Å².